The van der Waals surface area contributed by atoms with E-state index in [4.69, 9.17) is 16.6 Å². The molecule has 2 aromatic carbocycles. The van der Waals surface area contributed by atoms with Crippen LogP contribution in [0.15, 0.2) is 60.9 Å². The normalized spacial score (nSPS) is 15.3. The predicted octanol–water partition coefficient (Wildman–Crippen LogP) is -3.10. The lowest BCUT2D eigenvalue weighted by atomic mass is 9.99. The molecule has 13 atom stereocenters. The van der Waals surface area contributed by atoms with Gasteiger partial charge < -0.3 is 105 Å². The van der Waals surface area contributed by atoms with Crippen LogP contribution < -0.4 is 64.6 Å². The molecule has 0 radical (unpaired) electrons. The smallest absolute Gasteiger partial charge is 0.326 e. The van der Waals surface area contributed by atoms with Gasteiger partial charge in [0.2, 0.25) is 65.0 Å². The third-order valence-electron chi connectivity index (χ3n) is 15.7. The number of carboxylic acid groups (broad SMARTS) is 3. The first-order valence-corrected chi connectivity index (χ1v) is 33.3. The topological polar surface area (TPSA) is 564 Å². The summed E-state index contributed by atoms with van der Waals surface area (Å²) in [6.07, 6.45) is -2.39. The van der Waals surface area contributed by atoms with E-state index in [0.717, 1.165) is 6.92 Å². The van der Waals surface area contributed by atoms with Crippen LogP contribution in [-0.2, 0) is 80.0 Å². The molecule has 2 aromatic heterocycles. The SMILES string of the molecule is CSCC[C@H](NC(=O)[C@H](CCC(N)=O)NC(=O)[C@H](CC(C)C)NC(=O)[C@H](Cc1c[nH]c2ccccc12)NC(=O)[C@H](CO)NC(=O)[C@H](Cc1c[nH]c2ccccc12)NC(=O)[C@H](CC(=O)O)NC(=O)[C@H](CC(C)C)NC(=O)[C@@H](NC(=O)[C@@H](N)[C@@H](C)O)[C@@H](C)O)C(=O)N[C@@H](CCC(=O)O)C(=O)O. The summed E-state index contributed by atoms with van der Waals surface area (Å²) in [5.74, 6) is -16.8. The van der Waals surface area contributed by atoms with Crippen LogP contribution in [0, 0.1) is 11.8 Å². The fourth-order valence-electron chi connectivity index (χ4n) is 10.3. The second kappa shape index (κ2) is 39.6. The number of aromatic nitrogens is 2. The van der Waals surface area contributed by atoms with Crippen molar-refractivity contribution in [3.05, 3.63) is 72.1 Å². The number of amides is 11. The van der Waals surface area contributed by atoms with Crippen LogP contribution in [0.1, 0.15) is 104 Å². The average Bonchev–Trinajstić information content (AvgIpc) is 1.74. The number of aliphatic hydroxyl groups is 3. The van der Waals surface area contributed by atoms with Crippen LogP contribution in [0.2, 0.25) is 0 Å². The number of nitrogens with one attached hydrogen (secondary N) is 12. The molecule has 22 N–H and O–H groups in total. The summed E-state index contributed by atoms with van der Waals surface area (Å²) in [6, 6.07) is -4.72. The third kappa shape index (κ3) is 26.2. The number of hydrogen-bond acceptors (Lipinski definition) is 19. The van der Waals surface area contributed by atoms with E-state index >= 15 is 0 Å². The van der Waals surface area contributed by atoms with E-state index in [9.17, 15) is 92.7 Å². The first-order valence-electron chi connectivity index (χ1n) is 31.9. The molecule has 35 heteroatoms. The first-order chi connectivity index (χ1) is 46.6. The number of primary amides is 1. The van der Waals surface area contributed by atoms with E-state index in [0.29, 0.717) is 32.9 Å². The fourth-order valence-corrected chi connectivity index (χ4v) is 10.8. The molecule has 11 amide bonds. The zero-order chi connectivity index (χ0) is 74.0. The summed E-state index contributed by atoms with van der Waals surface area (Å²) in [5.41, 5.74) is 13.2. The summed E-state index contributed by atoms with van der Waals surface area (Å²) in [6.45, 7) is 7.94. The Hall–Kier alpha value is -9.71. The molecule has 0 spiro atoms. The molecule has 0 saturated carbocycles. The van der Waals surface area contributed by atoms with Crippen LogP contribution in [0.5, 0.6) is 0 Å². The van der Waals surface area contributed by atoms with Gasteiger partial charge in [-0.15, -0.1) is 0 Å². The van der Waals surface area contributed by atoms with Crippen molar-refractivity contribution < 1.29 is 97.8 Å². The van der Waals surface area contributed by atoms with Gasteiger partial charge in [-0.25, -0.2) is 4.79 Å². The highest BCUT2D eigenvalue weighted by Crippen LogP contribution is 2.22. The molecule has 0 fully saturated rings. The van der Waals surface area contributed by atoms with Crippen LogP contribution in [0.25, 0.3) is 21.8 Å². The maximum absolute atomic E-state index is 14.9. The van der Waals surface area contributed by atoms with E-state index in [1.807, 2.05) is 0 Å². The number of carboxylic acids is 3. The number of aliphatic hydroxyl groups excluding tert-OH is 3. The monoisotopic (exact) mass is 1410 g/mol. The number of nitrogens with two attached hydrogens (primary N) is 2. The highest BCUT2D eigenvalue weighted by Gasteiger charge is 2.38. The average molecular weight is 1410 g/mol. The van der Waals surface area contributed by atoms with Gasteiger partial charge in [-0.1, -0.05) is 64.1 Å². The Kier molecular flexibility index (Phi) is 32.7. The van der Waals surface area contributed by atoms with Crippen molar-refractivity contribution in [2.24, 2.45) is 23.3 Å². The quantitative estimate of drug-likeness (QED) is 0.0209. The van der Waals surface area contributed by atoms with Gasteiger partial charge in [0.25, 0.3) is 0 Å². The second-order valence-electron chi connectivity index (χ2n) is 24.8. The van der Waals surface area contributed by atoms with Gasteiger partial charge >= 0.3 is 17.9 Å². The lowest BCUT2D eigenvalue weighted by Crippen LogP contribution is -2.62. The molecular formula is C64H92N14O20S. The Bertz CT molecular complexity index is 3500. The lowest BCUT2D eigenvalue weighted by Gasteiger charge is -2.29. The number of benzene rings is 2. The molecule has 4 aromatic rings. The standard InChI is InChI=1S/C64H92N14O20S/c1-30(2)22-43(56(89)69-40(16-18-49(65)82)54(87)70-41(20-21-99-7)55(88)71-42(64(97)98)17-19-50(83)84)72-58(91)45(24-34-27-67-38-14-10-8-12-36(34)38)74-61(94)48(29-79)77-59(92)46(25-35-28-68-39-15-11-9-13-37(35)39)73-60(93)47(26-51(85)86)75-57(90)44(23-31(3)4)76-63(96)53(33(6)81)78-62(95)52(66)32(5)80/h8-15,27-28,30-33,40-48,52-53,67-68,79-81H,16-26,29,66H2,1-7H3,(H2,65,82)(H,69,89)(H,70,87)(H,71,88)(H,72,91)(H,73,93)(H,74,94)(H,75,90)(H,76,96)(H,77,92)(H,78,95)(H,83,84)(H,85,86)(H,97,98)/t32-,33-,40+,41+,42+,43+,44+,45+,46+,47+,48+,52+,53+/m1/s1. The minimum atomic E-state index is -1.99. The molecular weight excluding hydrogens is 1320 g/mol. The van der Waals surface area contributed by atoms with Gasteiger partial charge in [0, 0.05) is 59.9 Å². The van der Waals surface area contributed by atoms with Crippen molar-refractivity contribution in [2.45, 2.75) is 184 Å². The zero-order valence-corrected chi connectivity index (χ0v) is 56.7. The summed E-state index contributed by atoms with van der Waals surface area (Å²) in [7, 11) is 0. The number of aliphatic carboxylic acids is 3. The first kappa shape index (κ1) is 81.7. The third-order valence-corrected chi connectivity index (χ3v) is 16.3. The number of carbonyl (C=O) groups excluding carboxylic acids is 11. The van der Waals surface area contributed by atoms with Crippen LogP contribution in [-0.4, -0.2) is 221 Å². The predicted molar refractivity (Wildman–Crippen MR) is 359 cm³/mol. The van der Waals surface area contributed by atoms with Gasteiger partial charge in [-0.3, -0.25) is 62.3 Å². The molecule has 0 aliphatic heterocycles. The van der Waals surface area contributed by atoms with Crippen molar-refractivity contribution in [3.63, 3.8) is 0 Å². The largest absolute Gasteiger partial charge is 0.481 e. The molecule has 0 aliphatic rings. The zero-order valence-electron chi connectivity index (χ0n) is 55.9. The Morgan fingerprint density at radius 2 is 0.838 bits per heavy atom. The highest BCUT2D eigenvalue weighted by atomic mass is 32.2. The van der Waals surface area contributed by atoms with Gasteiger partial charge in [-0.2, -0.15) is 11.8 Å². The Balaban J connectivity index is 1.69. The van der Waals surface area contributed by atoms with Crippen LogP contribution >= 0.6 is 11.8 Å². The van der Waals surface area contributed by atoms with Crippen LogP contribution in [0.4, 0.5) is 0 Å². The number of carbonyl (C=O) groups is 14. The molecule has 0 aliphatic carbocycles. The minimum Gasteiger partial charge on any atom is -0.481 e. The number of aromatic amines is 2. The molecule has 0 saturated heterocycles. The van der Waals surface area contributed by atoms with Crippen molar-refractivity contribution in [1.82, 2.24) is 63.1 Å². The number of thioether (sulfide) groups is 1. The molecule has 99 heavy (non-hydrogen) atoms. The number of H-pyrrole nitrogens is 2. The summed E-state index contributed by atoms with van der Waals surface area (Å²) < 4.78 is 0. The van der Waals surface area contributed by atoms with Gasteiger partial charge in [0.05, 0.1) is 25.2 Å². The van der Waals surface area contributed by atoms with Crippen LogP contribution in [0.3, 0.4) is 0 Å². The van der Waals surface area contributed by atoms with E-state index < -0.39 is 200 Å². The van der Waals surface area contributed by atoms with E-state index in [-0.39, 0.29) is 49.7 Å². The minimum absolute atomic E-state index is 0.0793. The summed E-state index contributed by atoms with van der Waals surface area (Å²) in [5, 5.41) is 85.5. The lowest BCUT2D eigenvalue weighted by molar-refractivity contribution is -0.143. The molecule has 0 bridgehead atoms. The fraction of sp³-hybridized carbons (Fsp3) is 0.531. The summed E-state index contributed by atoms with van der Waals surface area (Å²) in [4.78, 5) is 195. The van der Waals surface area contributed by atoms with Crippen molar-refractivity contribution >= 4 is 116 Å². The molecule has 2 heterocycles. The maximum atomic E-state index is 14.9. The molecule has 4 rings (SSSR count). The van der Waals surface area contributed by atoms with Crippen molar-refractivity contribution in [3.8, 4) is 0 Å². The number of fused-ring (bicyclic) bond motifs is 2. The number of hydrogen-bond donors (Lipinski definition) is 20. The Morgan fingerprint density at radius 1 is 0.455 bits per heavy atom. The van der Waals surface area contributed by atoms with Crippen molar-refractivity contribution in [2.75, 3.05) is 18.6 Å². The van der Waals surface area contributed by atoms with E-state index in [1.54, 1.807) is 88.7 Å². The maximum Gasteiger partial charge on any atom is 0.326 e. The van der Waals surface area contributed by atoms with Gasteiger partial charge in [0.1, 0.15) is 66.5 Å². The Morgan fingerprint density at radius 3 is 1.26 bits per heavy atom. The highest BCUT2D eigenvalue weighted by molar-refractivity contribution is 7.98. The number of para-hydroxylation sites is 2. The van der Waals surface area contributed by atoms with Gasteiger partial charge in [0.15, 0.2) is 0 Å². The second-order valence-corrected chi connectivity index (χ2v) is 25.8. The number of rotatable bonds is 43. The molecule has 544 valence electrons. The molecule has 34 nitrogen and oxygen atoms in total. The van der Waals surface area contributed by atoms with E-state index in [1.165, 1.54) is 24.9 Å². The summed E-state index contributed by atoms with van der Waals surface area (Å²) >= 11 is 1.27. The van der Waals surface area contributed by atoms with Crippen molar-refractivity contribution in [1.29, 1.82) is 0 Å². The van der Waals surface area contributed by atoms with E-state index in [2.05, 4.69) is 63.1 Å². The van der Waals surface area contributed by atoms with Gasteiger partial charge in [-0.05, 0) is 93.1 Å². The molecule has 0 unspecified atom stereocenters. The Labute approximate surface area is 573 Å².